The lowest BCUT2D eigenvalue weighted by molar-refractivity contribution is -0.0494. The van der Waals surface area contributed by atoms with Crippen LogP contribution in [0.15, 0.2) is 54.6 Å². The summed E-state index contributed by atoms with van der Waals surface area (Å²) in [4.78, 5) is 13.9. The molecule has 0 radical (unpaired) electrons. The minimum Gasteiger partial charge on any atom is -0.338 e. The van der Waals surface area contributed by atoms with Crippen molar-refractivity contribution in [2.75, 3.05) is 13.1 Å². The van der Waals surface area contributed by atoms with Gasteiger partial charge < -0.3 is 4.90 Å². The molecule has 0 aliphatic carbocycles. The number of likely N-dealkylation sites (tertiary alicyclic amines) is 1. The monoisotopic (exact) mass is 331 g/mol. The highest BCUT2D eigenvalue weighted by Crippen LogP contribution is 2.28. The molecule has 128 valence electrons. The third-order valence-electron chi connectivity index (χ3n) is 4.00. The van der Waals surface area contributed by atoms with E-state index in [2.05, 4.69) is 6.58 Å². The predicted molar refractivity (Wildman–Crippen MR) is 94.1 cm³/mol. The molecule has 2 rings (SSSR count). The summed E-state index contributed by atoms with van der Waals surface area (Å²) in [7, 11) is 0. The van der Waals surface area contributed by atoms with Gasteiger partial charge in [-0.25, -0.2) is 8.78 Å². The summed E-state index contributed by atoms with van der Waals surface area (Å²) >= 11 is 0. The maximum atomic E-state index is 13.2. The molecule has 1 aromatic rings. The summed E-state index contributed by atoms with van der Waals surface area (Å²) in [5.74, 6) is -2.83. The molecule has 0 N–H and O–H groups in total. The number of carbonyl (C=O) groups is 1. The summed E-state index contributed by atoms with van der Waals surface area (Å²) in [6.45, 7) is 7.96. The molecular formula is C20H23F2NO. The first-order chi connectivity index (χ1) is 11.3. The van der Waals surface area contributed by atoms with Gasteiger partial charge in [0, 0.05) is 31.5 Å². The van der Waals surface area contributed by atoms with E-state index in [1.54, 1.807) is 12.1 Å². The van der Waals surface area contributed by atoms with E-state index in [9.17, 15) is 13.6 Å². The van der Waals surface area contributed by atoms with Crippen LogP contribution in [0, 0.1) is 0 Å². The van der Waals surface area contributed by atoms with Crippen molar-refractivity contribution >= 4 is 11.5 Å². The van der Waals surface area contributed by atoms with E-state index in [1.807, 2.05) is 44.2 Å². The molecule has 0 saturated carbocycles. The molecule has 2 nitrogen and oxygen atoms in total. The highest BCUT2D eigenvalue weighted by Gasteiger charge is 2.35. The zero-order chi connectivity index (χ0) is 17.7. The van der Waals surface area contributed by atoms with Gasteiger partial charge in [-0.15, -0.1) is 0 Å². The van der Waals surface area contributed by atoms with Crippen LogP contribution in [0.25, 0.3) is 5.57 Å². The van der Waals surface area contributed by atoms with Gasteiger partial charge in [-0.3, -0.25) is 4.79 Å². The van der Waals surface area contributed by atoms with Crippen LogP contribution < -0.4 is 0 Å². The van der Waals surface area contributed by atoms with Gasteiger partial charge in [0.2, 0.25) is 0 Å². The van der Waals surface area contributed by atoms with E-state index in [1.165, 1.54) is 4.90 Å². The molecule has 1 amide bonds. The van der Waals surface area contributed by atoms with E-state index < -0.39 is 5.92 Å². The molecule has 1 fully saturated rings. The predicted octanol–water partition coefficient (Wildman–Crippen LogP) is 5.09. The molecule has 1 aromatic carbocycles. The van der Waals surface area contributed by atoms with Gasteiger partial charge in [0.1, 0.15) is 0 Å². The summed E-state index contributed by atoms with van der Waals surface area (Å²) in [5.41, 5.74) is 3.47. The van der Waals surface area contributed by atoms with Gasteiger partial charge in [0.15, 0.2) is 0 Å². The van der Waals surface area contributed by atoms with Crippen LogP contribution in [0.1, 0.15) is 42.6 Å². The molecule has 24 heavy (non-hydrogen) atoms. The van der Waals surface area contributed by atoms with Crippen molar-refractivity contribution in [3.8, 4) is 0 Å². The topological polar surface area (TPSA) is 20.3 Å². The number of nitrogens with zero attached hydrogens (tertiary/aromatic N) is 1. The molecule has 0 spiro atoms. The first-order valence-electron chi connectivity index (χ1n) is 8.10. The van der Waals surface area contributed by atoms with E-state index in [4.69, 9.17) is 0 Å². The Labute approximate surface area is 142 Å². The lowest BCUT2D eigenvalue weighted by Gasteiger charge is -2.31. The van der Waals surface area contributed by atoms with Crippen LogP contribution >= 0.6 is 0 Å². The van der Waals surface area contributed by atoms with Crippen molar-refractivity contribution in [3.63, 3.8) is 0 Å². The smallest absolute Gasteiger partial charge is 0.253 e. The summed E-state index contributed by atoms with van der Waals surface area (Å²) in [6.07, 6.45) is 5.39. The quantitative estimate of drug-likeness (QED) is 0.704. The Morgan fingerprint density at radius 1 is 1.17 bits per heavy atom. The Morgan fingerprint density at radius 2 is 1.71 bits per heavy atom. The zero-order valence-corrected chi connectivity index (χ0v) is 14.2. The van der Waals surface area contributed by atoms with Crippen molar-refractivity contribution in [3.05, 3.63) is 65.8 Å². The maximum Gasteiger partial charge on any atom is 0.253 e. The average Bonchev–Trinajstić information content (AvgIpc) is 2.54. The largest absolute Gasteiger partial charge is 0.338 e. The molecule has 0 bridgehead atoms. The van der Waals surface area contributed by atoms with Crippen LogP contribution in [0.3, 0.4) is 0 Å². The van der Waals surface area contributed by atoms with Crippen LogP contribution in [0.2, 0.25) is 0 Å². The minimum atomic E-state index is -2.64. The van der Waals surface area contributed by atoms with E-state index in [0.717, 1.165) is 16.7 Å². The third kappa shape index (κ3) is 4.63. The average molecular weight is 331 g/mol. The van der Waals surface area contributed by atoms with Gasteiger partial charge in [-0.1, -0.05) is 42.5 Å². The standard InChI is InChI=1S/C20H23F2NO/c1-4-5-18(14-15(2)3)16-6-8-17(9-7-16)19(24)23-12-10-20(21,22)11-13-23/h4-9,14H,2,10-13H2,1,3H3. The molecule has 0 aromatic heterocycles. The number of hydrogen-bond acceptors (Lipinski definition) is 1. The second-order valence-electron chi connectivity index (χ2n) is 6.17. The molecule has 1 aliphatic rings. The number of piperidine rings is 1. The van der Waals surface area contributed by atoms with E-state index in [0.29, 0.717) is 5.56 Å². The first kappa shape index (κ1) is 18.1. The Morgan fingerprint density at radius 3 is 2.21 bits per heavy atom. The van der Waals surface area contributed by atoms with Gasteiger partial charge >= 0.3 is 0 Å². The summed E-state index contributed by atoms with van der Waals surface area (Å²) in [5, 5.41) is 0. The highest BCUT2D eigenvalue weighted by molar-refractivity contribution is 5.94. The van der Waals surface area contributed by atoms with Crippen molar-refractivity contribution in [1.29, 1.82) is 0 Å². The number of amides is 1. The minimum absolute atomic E-state index is 0.104. The van der Waals surface area contributed by atoms with Crippen LogP contribution in [0.5, 0.6) is 0 Å². The fraction of sp³-hybridized carbons (Fsp3) is 0.350. The molecule has 0 unspecified atom stereocenters. The number of allylic oxidation sites excluding steroid dienone is 5. The SMILES string of the molecule is C=C(C)C=C(C=CC)c1ccc(C(=O)N2CCC(F)(F)CC2)cc1. The molecule has 1 aliphatic heterocycles. The Bertz CT molecular complexity index is 661. The molecule has 4 heteroatoms. The van der Waals surface area contributed by atoms with Crippen molar-refractivity contribution in [1.82, 2.24) is 4.90 Å². The Balaban J connectivity index is 2.14. The number of carbonyl (C=O) groups excluding carboxylic acids is 1. The number of alkyl halides is 2. The molecule has 1 saturated heterocycles. The molecule has 1 heterocycles. The maximum absolute atomic E-state index is 13.2. The van der Waals surface area contributed by atoms with E-state index >= 15 is 0 Å². The lowest BCUT2D eigenvalue weighted by atomic mass is 10.0. The fourth-order valence-electron chi connectivity index (χ4n) is 2.70. The van der Waals surface area contributed by atoms with Gasteiger partial charge in [0.25, 0.3) is 11.8 Å². The van der Waals surface area contributed by atoms with Crippen molar-refractivity contribution < 1.29 is 13.6 Å². The number of halogens is 2. The van der Waals surface area contributed by atoms with Crippen LogP contribution in [0.4, 0.5) is 8.78 Å². The van der Waals surface area contributed by atoms with Crippen LogP contribution in [-0.4, -0.2) is 29.8 Å². The fourth-order valence-corrected chi connectivity index (χ4v) is 2.70. The van der Waals surface area contributed by atoms with Gasteiger partial charge in [0.05, 0.1) is 0 Å². The Kier molecular flexibility index (Phi) is 5.71. The van der Waals surface area contributed by atoms with Gasteiger partial charge in [-0.05, 0) is 37.1 Å². The first-order valence-corrected chi connectivity index (χ1v) is 8.10. The molecular weight excluding hydrogens is 308 g/mol. The van der Waals surface area contributed by atoms with Crippen molar-refractivity contribution in [2.45, 2.75) is 32.6 Å². The normalized spacial score (nSPS) is 18.0. The summed E-state index contributed by atoms with van der Waals surface area (Å²) < 4.78 is 26.4. The van der Waals surface area contributed by atoms with Crippen molar-refractivity contribution in [2.24, 2.45) is 0 Å². The van der Waals surface area contributed by atoms with Crippen LogP contribution in [-0.2, 0) is 0 Å². The number of hydrogen-bond donors (Lipinski definition) is 0. The second-order valence-corrected chi connectivity index (χ2v) is 6.17. The highest BCUT2D eigenvalue weighted by atomic mass is 19.3. The number of rotatable bonds is 4. The third-order valence-corrected chi connectivity index (χ3v) is 4.00. The van der Waals surface area contributed by atoms with E-state index in [-0.39, 0.29) is 31.8 Å². The zero-order valence-electron chi connectivity index (χ0n) is 14.2. The summed E-state index contributed by atoms with van der Waals surface area (Å²) in [6, 6.07) is 7.25. The number of benzene rings is 1. The molecule has 0 atom stereocenters. The Hall–Kier alpha value is -2.23. The second kappa shape index (κ2) is 7.56. The lowest BCUT2D eigenvalue weighted by Crippen LogP contribution is -2.42. The van der Waals surface area contributed by atoms with Gasteiger partial charge in [-0.2, -0.15) is 0 Å².